The van der Waals surface area contributed by atoms with Crippen LogP contribution in [0.1, 0.15) is 59.6 Å². The maximum atomic E-state index is 12.6. The van der Waals surface area contributed by atoms with E-state index in [1.165, 1.54) is 23.4 Å². The van der Waals surface area contributed by atoms with Gasteiger partial charge in [-0.2, -0.15) is 0 Å². The van der Waals surface area contributed by atoms with Crippen molar-refractivity contribution >= 4 is 5.91 Å². The molecular weight excluding hydrogens is 384 g/mol. The number of nitrogens with zero attached hydrogens (tertiary/aromatic N) is 1. The second kappa shape index (κ2) is 9.42. The lowest BCUT2D eigenvalue weighted by Gasteiger charge is -2.21. The summed E-state index contributed by atoms with van der Waals surface area (Å²) in [7, 11) is 0. The van der Waals surface area contributed by atoms with Gasteiger partial charge in [0.15, 0.2) is 0 Å². The molecule has 4 nitrogen and oxygen atoms in total. The molecule has 1 amide bonds. The molecule has 2 aromatic carbocycles. The lowest BCUT2D eigenvalue weighted by atomic mass is 9.89. The maximum absolute atomic E-state index is 12.6. The van der Waals surface area contributed by atoms with E-state index >= 15 is 0 Å². The summed E-state index contributed by atoms with van der Waals surface area (Å²) in [5.74, 6) is 1.57. The van der Waals surface area contributed by atoms with E-state index in [9.17, 15) is 4.79 Å². The van der Waals surface area contributed by atoms with Gasteiger partial charge in [-0.15, -0.1) is 0 Å². The van der Waals surface area contributed by atoms with Gasteiger partial charge in [0.25, 0.3) is 5.91 Å². The third kappa shape index (κ3) is 4.84. The highest BCUT2D eigenvalue weighted by molar-refractivity contribution is 5.94. The SMILES string of the molecule is CCCOc1ccc(CNC(=O)c2ccc(-n3c(C)cc4c3CC[C@@H](C)C4)cc2)cc1. The maximum Gasteiger partial charge on any atom is 0.251 e. The first-order chi connectivity index (χ1) is 15.0. The number of carbonyl (C=O) groups is 1. The van der Waals surface area contributed by atoms with Crippen LogP contribution in [-0.4, -0.2) is 17.1 Å². The van der Waals surface area contributed by atoms with E-state index in [-0.39, 0.29) is 5.91 Å². The highest BCUT2D eigenvalue weighted by atomic mass is 16.5. The first kappa shape index (κ1) is 21.2. The number of hydrogen-bond donors (Lipinski definition) is 1. The van der Waals surface area contributed by atoms with Crippen LogP contribution in [0.4, 0.5) is 0 Å². The monoisotopic (exact) mass is 416 g/mol. The molecule has 0 saturated heterocycles. The lowest BCUT2D eigenvalue weighted by molar-refractivity contribution is 0.0951. The molecule has 0 radical (unpaired) electrons. The lowest BCUT2D eigenvalue weighted by Crippen LogP contribution is -2.22. The number of amides is 1. The van der Waals surface area contributed by atoms with Crippen LogP contribution in [0, 0.1) is 12.8 Å². The van der Waals surface area contributed by atoms with Crippen LogP contribution in [0.5, 0.6) is 5.75 Å². The number of rotatable bonds is 7. The molecule has 1 atom stereocenters. The number of aryl methyl sites for hydroxylation is 1. The van der Waals surface area contributed by atoms with Gasteiger partial charge in [-0.3, -0.25) is 4.79 Å². The van der Waals surface area contributed by atoms with Gasteiger partial charge in [0.05, 0.1) is 6.61 Å². The van der Waals surface area contributed by atoms with Crippen LogP contribution in [0.25, 0.3) is 5.69 Å². The Kier molecular flexibility index (Phi) is 6.45. The Morgan fingerprint density at radius 2 is 1.87 bits per heavy atom. The van der Waals surface area contributed by atoms with E-state index in [0.29, 0.717) is 12.1 Å². The van der Waals surface area contributed by atoms with E-state index in [1.54, 1.807) is 0 Å². The zero-order chi connectivity index (χ0) is 21.8. The summed E-state index contributed by atoms with van der Waals surface area (Å²) in [5, 5.41) is 3.01. The quantitative estimate of drug-likeness (QED) is 0.542. The minimum absolute atomic E-state index is 0.0575. The molecule has 0 saturated carbocycles. The fraction of sp³-hybridized carbons (Fsp3) is 0.370. The predicted molar refractivity (Wildman–Crippen MR) is 125 cm³/mol. The van der Waals surface area contributed by atoms with E-state index in [4.69, 9.17) is 4.74 Å². The smallest absolute Gasteiger partial charge is 0.251 e. The first-order valence-electron chi connectivity index (χ1n) is 11.4. The van der Waals surface area contributed by atoms with E-state index in [1.807, 2.05) is 36.4 Å². The van der Waals surface area contributed by atoms with E-state index in [0.717, 1.165) is 48.8 Å². The molecule has 0 spiro atoms. The average Bonchev–Trinajstić information content (AvgIpc) is 3.11. The van der Waals surface area contributed by atoms with Crippen molar-refractivity contribution < 1.29 is 9.53 Å². The van der Waals surface area contributed by atoms with Gasteiger partial charge >= 0.3 is 0 Å². The molecule has 1 aliphatic rings. The summed E-state index contributed by atoms with van der Waals surface area (Å²) >= 11 is 0. The second-order valence-corrected chi connectivity index (χ2v) is 8.66. The Morgan fingerprint density at radius 3 is 2.58 bits per heavy atom. The molecule has 1 heterocycles. The van der Waals surface area contributed by atoms with Crippen molar-refractivity contribution in [3.63, 3.8) is 0 Å². The minimum Gasteiger partial charge on any atom is -0.494 e. The van der Waals surface area contributed by atoms with Gasteiger partial charge in [0, 0.05) is 29.2 Å². The van der Waals surface area contributed by atoms with Gasteiger partial charge in [0.1, 0.15) is 5.75 Å². The molecule has 4 heteroatoms. The summed E-state index contributed by atoms with van der Waals surface area (Å²) in [6.07, 6.45) is 4.51. The van der Waals surface area contributed by atoms with Gasteiger partial charge < -0.3 is 14.6 Å². The molecule has 0 bridgehead atoms. The summed E-state index contributed by atoms with van der Waals surface area (Å²) in [4.78, 5) is 12.6. The van der Waals surface area contributed by atoms with Crippen LogP contribution in [0.15, 0.2) is 54.6 Å². The van der Waals surface area contributed by atoms with Crippen molar-refractivity contribution in [1.82, 2.24) is 9.88 Å². The fourth-order valence-corrected chi connectivity index (χ4v) is 4.40. The molecule has 1 aliphatic carbocycles. The summed E-state index contributed by atoms with van der Waals surface area (Å²) < 4.78 is 7.96. The second-order valence-electron chi connectivity index (χ2n) is 8.66. The highest BCUT2D eigenvalue weighted by Crippen LogP contribution is 2.30. The van der Waals surface area contributed by atoms with Gasteiger partial charge in [-0.05, 0) is 92.1 Å². The molecule has 3 aromatic rings. The molecule has 0 unspecified atom stereocenters. The number of hydrogen-bond acceptors (Lipinski definition) is 2. The van der Waals surface area contributed by atoms with Crippen molar-refractivity contribution in [2.45, 2.75) is 53.0 Å². The Morgan fingerprint density at radius 1 is 1.13 bits per heavy atom. The number of nitrogens with one attached hydrogen (secondary N) is 1. The normalized spacial score (nSPS) is 15.4. The topological polar surface area (TPSA) is 43.3 Å². The van der Waals surface area contributed by atoms with E-state index < -0.39 is 0 Å². The molecule has 1 aromatic heterocycles. The standard InChI is InChI=1S/C27H32N2O2/c1-4-15-31-25-12-6-21(7-13-25)18-28-27(30)22-8-10-24(11-9-22)29-20(3)17-23-16-19(2)5-14-26(23)29/h6-13,17,19H,4-5,14-16,18H2,1-3H3,(H,28,30)/t19-/m1/s1. The highest BCUT2D eigenvalue weighted by Gasteiger charge is 2.21. The summed E-state index contributed by atoms with van der Waals surface area (Å²) in [5.41, 5.74) is 7.04. The van der Waals surface area contributed by atoms with E-state index in [2.05, 4.69) is 48.9 Å². The third-order valence-electron chi connectivity index (χ3n) is 6.06. The largest absolute Gasteiger partial charge is 0.494 e. The van der Waals surface area contributed by atoms with Crippen molar-refractivity contribution in [3.05, 3.63) is 82.7 Å². The number of aromatic nitrogens is 1. The van der Waals surface area contributed by atoms with Crippen LogP contribution in [0.3, 0.4) is 0 Å². The van der Waals surface area contributed by atoms with Crippen molar-refractivity contribution in [1.29, 1.82) is 0 Å². The molecule has 0 fully saturated rings. The van der Waals surface area contributed by atoms with Crippen molar-refractivity contribution in [2.75, 3.05) is 6.61 Å². The summed E-state index contributed by atoms with van der Waals surface area (Å²) in [6.45, 7) is 7.80. The van der Waals surface area contributed by atoms with Crippen molar-refractivity contribution in [3.8, 4) is 11.4 Å². The van der Waals surface area contributed by atoms with Crippen LogP contribution >= 0.6 is 0 Å². The first-order valence-corrected chi connectivity index (χ1v) is 11.4. The number of fused-ring (bicyclic) bond motifs is 1. The fourth-order valence-electron chi connectivity index (χ4n) is 4.40. The predicted octanol–water partition coefficient (Wildman–Crippen LogP) is 5.63. The molecule has 162 valence electrons. The molecule has 1 N–H and O–H groups in total. The Bertz CT molecular complexity index is 1030. The number of carbonyl (C=O) groups excluding carboxylic acids is 1. The molecule has 31 heavy (non-hydrogen) atoms. The molecular formula is C27H32N2O2. The van der Waals surface area contributed by atoms with Crippen molar-refractivity contribution in [2.24, 2.45) is 5.92 Å². The van der Waals surface area contributed by atoms with Gasteiger partial charge in [-0.1, -0.05) is 26.0 Å². The number of benzene rings is 2. The van der Waals surface area contributed by atoms with Gasteiger partial charge in [0.2, 0.25) is 0 Å². The average molecular weight is 417 g/mol. The Balaban J connectivity index is 1.40. The van der Waals surface area contributed by atoms with Crippen LogP contribution < -0.4 is 10.1 Å². The number of ether oxygens (including phenoxy) is 1. The molecule has 0 aliphatic heterocycles. The van der Waals surface area contributed by atoms with Crippen LogP contribution in [-0.2, 0) is 19.4 Å². The Labute approximate surface area is 185 Å². The zero-order valence-corrected chi connectivity index (χ0v) is 18.8. The Hall–Kier alpha value is -3.01. The molecule has 4 rings (SSSR count). The third-order valence-corrected chi connectivity index (χ3v) is 6.06. The van der Waals surface area contributed by atoms with Crippen LogP contribution in [0.2, 0.25) is 0 Å². The minimum atomic E-state index is -0.0575. The zero-order valence-electron chi connectivity index (χ0n) is 18.8. The summed E-state index contributed by atoms with van der Waals surface area (Å²) in [6, 6.07) is 18.2. The van der Waals surface area contributed by atoms with Gasteiger partial charge in [-0.25, -0.2) is 0 Å².